The first-order valence-corrected chi connectivity index (χ1v) is 6.96. The first-order valence-electron chi connectivity index (χ1n) is 6.17. The monoisotopic (exact) mass is 304 g/mol. The van der Waals surface area contributed by atoms with Crippen LogP contribution in [0.3, 0.4) is 0 Å². The Kier molecular flexibility index (Phi) is 4.97. The molecule has 0 fully saturated rings. The highest BCUT2D eigenvalue weighted by molar-refractivity contribution is 9.10. The number of halogens is 1. The third-order valence-electron chi connectivity index (χ3n) is 3.04. The summed E-state index contributed by atoms with van der Waals surface area (Å²) in [4.78, 5) is 0. The topological polar surface area (TPSA) is 20.2 Å². The molecule has 2 aromatic rings. The predicted molar refractivity (Wildman–Crippen MR) is 78.6 cm³/mol. The lowest BCUT2D eigenvalue weighted by Gasteiger charge is -2.14. The average Bonchev–Trinajstić information content (AvgIpc) is 2.39. The first kappa shape index (κ1) is 13.3. The molecule has 2 heteroatoms. The Morgan fingerprint density at radius 2 is 1.56 bits per heavy atom. The fourth-order valence-electron chi connectivity index (χ4n) is 2.15. The van der Waals surface area contributed by atoms with Crippen molar-refractivity contribution in [3.63, 3.8) is 0 Å². The molecule has 0 heterocycles. The molecule has 2 rings (SSSR count). The summed E-state index contributed by atoms with van der Waals surface area (Å²) in [6.45, 7) is 0.224. The van der Waals surface area contributed by atoms with Crippen LogP contribution < -0.4 is 0 Å². The van der Waals surface area contributed by atoms with Crippen LogP contribution in [0.25, 0.3) is 0 Å². The van der Waals surface area contributed by atoms with Gasteiger partial charge < -0.3 is 5.11 Å². The highest BCUT2D eigenvalue weighted by Gasteiger charge is 2.09. The Bertz CT molecular complexity index is 481. The molecule has 1 N–H and O–H groups in total. The van der Waals surface area contributed by atoms with Crippen LogP contribution >= 0.6 is 15.9 Å². The van der Waals surface area contributed by atoms with Crippen molar-refractivity contribution in [2.45, 2.75) is 12.8 Å². The first-order chi connectivity index (χ1) is 8.78. The minimum Gasteiger partial charge on any atom is -0.396 e. The normalized spacial score (nSPS) is 12.3. The minimum atomic E-state index is 0.224. The highest BCUT2D eigenvalue weighted by atomic mass is 79.9. The van der Waals surface area contributed by atoms with Crippen LogP contribution in [0.5, 0.6) is 0 Å². The summed E-state index contributed by atoms with van der Waals surface area (Å²) < 4.78 is 1.09. The minimum absolute atomic E-state index is 0.224. The van der Waals surface area contributed by atoms with Crippen LogP contribution in [0, 0.1) is 5.92 Å². The van der Waals surface area contributed by atoms with Crippen molar-refractivity contribution in [3.8, 4) is 0 Å². The molecule has 18 heavy (non-hydrogen) atoms. The van der Waals surface area contributed by atoms with Gasteiger partial charge in [0.2, 0.25) is 0 Å². The summed E-state index contributed by atoms with van der Waals surface area (Å²) in [6.07, 6.45) is 1.83. The van der Waals surface area contributed by atoms with Crippen LogP contribution in [-0.4, -0.2) is 11.7 Å². The molecular formula is C16H17BrO. The van der Waals surface area contributed by atoms with Crippen LogP contribution in [0.4, 0.5) is 0 Å². The molecule has 0 aliphatic carbocycles. The zero-order valence-corrected chi connectivity index (χ0v) is 11.8. The molecule has 1 unspecified atom stereocenters. The molecule has 1 nitrogen and oxygen atoms in total. The van der Waals surface area contributed by atoms with E-state index in [1.54, 1.807) is 0 Å². The largest absolute Gasteiger partial charge is 0.396 e. The Balaban J connectivity index is 2.01. The average molecular weight is 305 g/mol. The van der Waals surface area contributed by atoms with Crippen molar-refractivity contribution < 1.29 is 5.11 Å². The summed E-state index contributed by atoms with van der Waals surface area (Å²) in [5.74, 6) is 0.279. The molecule has 1 atom stereocenters. The predicted octanol–water partition coefficient (Wildman–Crippen LogP) is 3.84. The number of hydrogen-bond acceptors (Lipinski definition) is 1. The zero-order chi connectivity index (χ0) is 12.8. The maximum absolute atomic E-state index is 9.51. The van der Waals surface area contributed by atoms with E-state index in [2.05, 4.69) is 40.2 Å². The molecule has 0 aliphatic heterocycles. The van der Waals surface area contributed by atoms with E-state index in [1.165, 1.54) is 11.1 Å². The Morgan fingerprint density at radius 1 is 0.889 bits per heavy atom. The molecule has 0 aromatic heterocycles. The molecule has 0 aliphatic rings. The molecular weight excluding hydrogens is 288 g/mol. The summed E-state index contributed by atoms with van der Waals surface area (Å²) in [7, 11) is 0. The standard InChI is InChI=1S/C16H17BrO/c17-16-8-4-7-14(11-16)10-15(12-18)9-13-5-2-1-3-6-13/h1-8,11,15,18H,9-10,12H2. The number of hydrogen-bond donors (Lipinski definition) is 1. The maximum atomic E-state index is 9.51. The van der Waals surface area contributed by atoms with Gasteiger partial charge in [-0.25, -0.2) is 0 Å². The number of aliphatic hydroxyl groups excluding tert-OH is 1. The van der Waals surface area contributed by atoms with E-state index in [0.29, 0.717) is 0 Å². The second-order valence-corrected chi connectivity index (χ2v) is 5.49. The molecule has 0 amide bonds. The highest BCUT2D eigenvalue weighted by Crippen LogP contribution is 2.17. The van der Waals surface area contributed by atoms with Crippen molar-refractivity contribution in [1.82, 2.24) is 0 Å². The van der Waals surface area contributed by atoms with Gasteiger partial charge in [0.05, 0.1) is 0 Å². The lowest BCUT2D eigenvalue weighted by Crippen LogP contribution is -2.12. The van der Waals surface area contributed by atoms with E-state index in [4.69, 9.17) is 0 Å². The van der Waals surface area contributed by atoms with Gasteiger partial charge in [-0.3, -0.25) is 0 Å². The van der Waals surface area contributed by atoms with E-state index in [1.807, 2.05) is 30.3 Å². The van der Waals surface area contributed by atoms with Gasteiger partial charge in [-0.1, -0.05) is 58.4 Å². The molecule has 0 saturated heterocycles. The van der Waals surface area contributed by atoms with Crippen molar-refractivity contribution in [1.29, 1.82) is 0 Å². The number of aliphatic hydroxyl groups is 1. The van der Waals surface area contributed by atoms with Gasteiger partial charge in [-0.2, -0.15) is 0 Å². The van der Waals surface area contributed by atoms with Gasteiger partial charge in [0.25, 0.3) is 0 Å². The van der Waals surface area contributed by atoms with E-state index in [9.17, 15) is 5.11 Å². The molecule has 94 valence electrons. The van der Waals surface area contributed by atoms with Crippen molar-refractivity contribution >= 4 is 15.9 Å². The molecule has 0 spiro atoms. The second kappa shape index (κ2) is 6.72. The van der Waals surface area contributed by atoms with Gasteiger partial charge in [0, 0.05) is 11.1 Å². The molecule has 0 radical (unpaired) electrons. The smallest absolute Gasteiger partial charge is 0.0465 e. The van der Waals surface area contributed by atoms with E-state index in [-0.39, 0.29) is 12.5 Å². The maximum Gasteiger partial charge on any atom is 0.0465 e. The summed E-state index contributed by atoms with van der Waals surface area (Å²) in [5, 5.41) is 9.51. The second-order valence-electron chi connectivity index (χ2n) is 4.57. The molecule has 0 saturated carbocycles. The quantitative estimate of drug-likeness (QED) is 0.890. The summed E-state index contributed by atoms with van der Waals surface area (Å²) in [5.41, 5.74) is 2.55. The summed E-state index contributed by atoms with van der Waals surface area (Å²) >= 11 is 3.48. The SMILES string of the molecule is OCC(Cc1ccccc1)Cc1cccc(Br)c1. The van der Waals surface area contributed by atoms with Gasteiger partial charge in [-0.05, 0) is 42.0 Å². The lowest BCUT2D eigenvalue weighted by atomic mass is 9.93. The van der Waals surface area contributed by atoms with Gasteiger partial charge in [-0.15, -0.1) is 0 Å². The fraction of sp³-hybridized carbons (Fsp3) is 0.250. The third-order valence-corrected chi connectivity index (χ3v) is 3.53. The zero-order valence-electron chi connectivity index (χ0n) is 10.2. The Labute approximate surface area is 117 Å². The van der Waals surface area contributed by atoms with E-state index in [0.717, 1.165) is 17.3 Å². The van der Waals surface area contributed by atoms with Crippen molar-refractivity contribution in [2.24, 2.45) is 5.92 Å². The number of rotatable bonds is 5. The van der Waals surface area contributed by atoms with Gasteiger partial charge in [0.1, 0.15) is 0 Å². The molecule has 0 bridgehead atoms. The number of benzene rings is 2. The van der Waals surface area contributed by atoms with Crippen molar-refractivity contribution in [3.05, 3.63) is 70.2 Å². The van der Waals surface area contributed by atoms with E-state index < -0.39 is 0 Å². The fourth-order valence-corrected chi connectivity index (χ4v) is 2.59. The van der Waals surface area contributed by atoms with Crippen LogP contribution in [0.2, 0.25) is 0 Å². The Hall–Kier alpha value is -1.12. The van der Waals surface area contributed by atoms with Crippen LogP contribution in [0.15, 0.2) is 59.1 Å². The lowest BCUT2D eigenvalue weighted by molar-refractivity contribution is 0.225. The van der Waals surface area contributed by atoms with Crippen molar-refractivity contribution in [2.75, 3.05) is 6.61 Å². The van der Waals surface area contributed by atoms with Gasteiger partial charge >= 0.3 is 0 Å². The van der Waals surface area contributed by atoms with E-state index >= 15 is 0 Å². The van der Waals surface area contributed by atoms with Crippen LogP contribution in [0.1, 0.15) is 11.1 Å². The molecule has 2 aromatic carbocycles. The summed E-state index contributed by atoms with van der Waals surface area (Å²) in [6, 6.07) is 18.6. The Morgan fingerprint density at radius 3 is 2.22 bits per heavy atom. The third kappa shape index (κ3) is 3.97. The van der Waals surface area contributed by atoms with Gasteiger partial charge in [0.15, 0.2) is 0 Å². The van der Waals surface area contributed by atoms with Crippen LogP contribution in [-0.2, 0) is 12.8 Å².